The van der Waals surface area contributed by atoms with E-state index in [-0.39, 0.29) is 17.4 Å². The molecule has 10 nitrogen and oxygen atoms in total. The second-order valence-corrected chi connectivity index (χ2v) is 7.44. The van der Waals surface area contributed by atoms with E-state index in [2.05, 4.69) is 29.9 Å². The van der Waals surface area contributed by atoms with Gasteiger partial charge in [-0.1, -0.05) is 12.1 Å². The summed E-state index contributed by atoms with van der Waals surface area (Å²) in [6.45, 7) is 0. The molecule has 1 aliphatic heterocycles. The Labute approximate surface area is 177 Å². The molecule has 0 bridgehead atoms. The van der Waals surface area contributed by atoms with Gasteiger partial charge < -0.3 is 30.1 Å². The smallest absolute Gasteiger partial charge is 0.368 e. The van der Waals surface area contributed by atoms with Crippen LogP contribution in [0.2, 0.25) is 0 Å². The van der Waals surface area contributed by atoms with Crippen LogP contribution < -0.4 is 16.4 Å². The quantitative estimate of drug-likeness (QED) is 0.261. The summed E-state index contributed by atoms with van der Waals surface area (Å²) in [5.74, 6) is -0.235. The molecule has 6 rings (SSSR count). The van der Waals surface area contributed by atoms with E-state index < -0.39 is 6.03 Å². The van der Waals surface area contributed by atoms with E-state index in [1.54, 1.807) is 42.5 Å². The zero-order valence-corrected chi connectivity index (χ0v) is 16.2. The minimum atomic E-state index is -0.543. The van der Waals surface area contributed by atoms with Crippen molar-refractivity contribution in [1.29, 1.82) is 0 Å². The molecule has 4 heterocycles. The maximum atomic E-state index is 11.5. The minimum Gasteiger partial charge on any atom is -0.494 e. The number of aromatic nitrogens is 4. The van der Waals surface area contributed by atoms with Gasteiger partial charge in [0.2, 0.25) is 0 Å². The molecule has 5 aromatic rings. The molecule has 0 unspecified atom stereocenters. The highest BCUT2D eigenvalue weighted by Crippen LogP contribution is 2.40. The van der Waals surface area contributed by atoms with E-state index in [9.17, 15) is 19.8 Å². The Hall–Kier alpha value is -4.86. The number of aromatic hydroxyl groups is 2. The Kier molecular flexibility index (Phi) is 3.54. The lowest BCUT2D eigenvalue weighted by atomic mass is 10.1. The molecule has 0 atom stereocenters. The summed E-state index contributed by atoms with van der Waals surface area (Å²) >= 11 is 0. The molecule has 2 amide bonds. The average molecular weight is 426 g/mol. The summed E-state index contributed by atoms with van der Waals surface area (Å²) in [4.78, 5) is 41.7. The van der Waals surface area contributed by atoms with Gasteiger partial charge >= 0.3 is 11.7 Å². The van der Waals surface area contributed by atoms with Gasteiger partial charge in [0.05, 0.1) is 21.7 Å². The van der Waals surface area contributed by atoms with Crippen molar-refractivity contribution in [1.82, 2.24) is 19.9 Å². The molecule has 6 N–H and O–H groups in total. The first kappa shape index (κ1) is 18.0. The van der Waals surface area contributed by atoms with Crippen molar-refractivity contribution in [3.8, 4) is 45.4 Å². The van der Waals surface area contributed by atoms with Gasteiger partial charge in [-0.2, -0.15) is 9.98 Å². The number of carbonyl (C=O) groups is 1. The van der Waals surface area contributed by atoms with Crippen LogP contribution >= 0.6 is 0 Å². The Balaban J connectivity index is 1.41. The number of imidazole rings is 1. The third kappa shape index (κ3) is 2.74. The summed E-state index contributed by atoms with van der Waals surface area (Å²) in [7, 11) is 0. The molecule has 0 aliphatic carbocycles. The number of urea groups is 1. The van der Waals surface area contributed by atoms with Crippen LogP contribution in [-0.4, -0.2) is 36.2 Å². The van der Waals surface area contributed by atoms with Crippen LogP contribution in [0.5, 0.6) is 11.8 Å². The maximum absolute atomic E-state index is 11.5. The predicted octanol–water partition coefficient (Wildman–Crippen LogP) is 2.30. The summed E-state index contributed by atoms with van der Waals surface area (Å²) in [6, 6.07) is 13.4. The summed E-state index contributed by atoms with van der Waals surface area (Å²) in [5, 5.41) is 22.0. The van der Waals surface area contributed by atoms with Gasteiger partial charge in [-0.25, -0.2) is 9.59 Å². The standard InChI is InChI=1S/C22H14N6O4/c29-19-11(7-15(23-19)9-1-3-13-17(5-9)27-21(31)25-13)12-8-16(24-20(12)30)10-2-4-14-18(6-10)28-22(32)26-14/h1-8,23-24,29-30H,(H2,25,27,31). The van der Waals surface area contributed by atoms with Crippen molar-refractivity contribution >= 4 is 17.1 Å². The molecule has 1 aliphatic rings. The van der Waals surface area contributed by atoms with Gasteiger partial charge in [0, 0.05) is 33.6 Å². The first-order valence-electron chi connectivity index (χ1n) is 9.63. The van der Waals surface area contributed by atoms with Crippen molar-refractivity contribution in [2.45, 2.75) is 0 Å². The molecule has 0 saturated carbocycles. The molecule has 156 valence electrons. The predicted molar refractivity (Wildman–Crippen MR) is 115 cm³/mol. The van der Waals surface area contributed by atoms with E-state index in [1.165, 1.54) is 0 Å². The lowest BCUT2D eigenvalue weighted by Crippen LogP contribution is -2.20. The SMILES string of the molecule is O=C1N=c2ccc(-c3cc(-c4cc(-c5ccc6[nH]c(=O)[nH]c6c5)[nH]c4O)c(O)[nH]3)cc2=N1. The Morgan fingerprint density at radius 2 is 1.22 bits per heavy atom. The second kappa shape index (κ2) is 6.32. The van der Waals surface area contributed by atoms with E-state index in [0.29, 0.717) is 49.8 Å². The maximum Gasteiger partial charge on any atom is 0.368 e. The Morgan fingerprint density at radius 3 is 1.94 bits per heavy atom. The van der Waals surface area contributed by atoms with Gasteiger partial charge in [-0.15, -0.1) is 0 Å². The molecule has 0 spiro atoms. The van der Waals surface area contributed by atoms with Crippen molar-refractivity contribution < 1.29 is 15.0 Å². The molecule has 0 fully saturated rings. The van der Waals surface area contributed by atoms with Crippen LogP contribution in [-0.2, 0) is 0 Å². The number of hydrogen-bond donors (Lipinski definition) is 6. The number of aromatic amines is 4. The van der Waals surface area contributed by atoms with Crippen LogP contribution in [0, 0.1) is 0 Å². The fourth-order valence-corrected chi connectivity index (χ4v) is 3.92. The van der Waals surface area contributed by atoms with Gasteiger partial charge in [0.1, 0.15) is 0 Å². The van der Waals surface area contributed by atoms with E-state index in [4.69, 9.17) is 0 Å². The average Bonchev–Trinajstić information content (AvgIpc) is 3.50. The van der Waals surface area contributed by atoms with Gasteiger partial charge in [0.25, 0.3) is 0 Å². The third-order valence-corrected chi connectivity index (χ3v) is 5.43. The lowest BCUT2D eigenvalue weighted by Gasteiger charge is -1.97. The molecule has 0 saturated heterocycles. The minimum absolute atomic E-state index is 0.114. The number of hydrogen-bond acceptors (Lipinski definition) is 4. The summed E-state index contributed by atoms with van der Waals surface area (Å²) in [6.07, 6.45) is 0. The zero-order chi connectivity index (χ0) is 22.0. The Morgan fingerprint density at radius 1 is 0.625 bits per heavy atom. The van der Waals surface area contributed by atoms with Crippen LogP contribution in [0.25, 0.3) is 44.7 Å². The highest BCUT2D eigenvalue weighted by atomic mass is 16.3. The van der Waals surface area contributed by atoms with Crippen molar-refractivity contribution in [3.05, 3.63) is 69.7 Å². The third-order valence-electron chi connectivity index (χ3n) is 5.43. The molecule has 32 heavy (non-hydrogen) atoms. The number of amides is 2. The van der Waals surface area contributed by atoms with Crippen LogP contribution in [0.1, 0.15) is 0 Å². The second-order valence-electron chi connectivity index (χ2n) is 7.44. The Bertz CT molecular complexity index is 1750. The number of benzene rings is 2. The number of nitrogens with one attached hydrogen (secondary N) is 4. The van der Waals surface area contributed by atoms with Crippen molar-refractivity contribution in [3.63, 3.8) is 0 Å². The van der Waals surface area contributed by atoms with Gasteiger partial charge in [-0.05, 0) is 36.4 Å². The van der Waals surface area contributed by atoms with Crippen molar-refractivity contribution in [2.75, 3.05) is 0 Å². The lowest BCUT2D eigenvalue weighted by molar-refractivity contribution is 0.256. The number of fused-ring (bicyclic) bond motifs is 2. The largest absolute Gasteiger partial charge is 0.494 e. The monoisotopic (exact) mass is 426 g/mol. The highest BCUT2D eigenvalue weighted by Gasteiger charge is 2.18. The van der Waals surface area contributed by atoms with Crippen LogP contribution in [0.3, 0.4) is 0 Å². The summed E-state index contributed by atoms with van der Waals surface area (Å²) in [5.41, 5.74) is 4.47. The zero-order valence-electron chi connectivity index (χ0n) is 16.2. The number of carbonyl (C=O) groups excluding carboxylic acids is 1. The molecular formula is C22H14N6O4. The normalized spacial score (nSPS) is 12.7. The van der Waals surface area contributed by atoms with Gasteiger partial charge in [0.15, 0.2) is 11.8 Å². The number of H-pyrrole nitrogens is 4. The molecule has 3 aromatic heterocycles. The number of nitrogens with zero attached hydrogens (tertiary/aromatic N) is 2. The summed E-state index contributed by atoms with van der Waals surface area (Å²) < 4.78 is 0. The van der Waals surface area contributed by atoms with Crippen LogP contribution in [0.4, 0.5) is 4.79 Å². The first-order valence-corrected chi connectivity index (χ1v) is 9.63. The van der Waals surface area contributed by atoms with E-state index in [0.717, 1.165) is 5.56 Å². The fraction of sp³-hybridized carbons (Fsp3) is 0. The van der Waals surface area contributed by atoms with Gasteiger partial charge in [-0.3, -0.25) is 0 Å². The van der Waals surface area contributed by atoms with E-state index in [1.807, 2.05) is 6.07 Å². The molecule has 0 radical (unpaired) electrons. The fourth-order valence-electron chi connectivity index (χ4n) is 3.92. The van der Waals surface area contributed by atoms with E-state index >= 15 is 0 Å². The van der Waals surface area contributed by atoms with Crippen molar-refractivity contribution in [2.24, 2.45) is 9.98 Å². The molecular weight excluding hydrogens is 412 g/mol. The first-order chi connectivity index (χ1) is 15.4. The van der Waals surface area contributed by atoms with Crippen LogP contribution in [0.15, 0.2) is 63.3 Å². The molecule has 2 aromatic carbocycles. The highest BCUT2D eigenvalue weighted by molar-refractivity contribution is 5.85. The molecule has 10 heteroatoms. The topological polar surface area (TPSA) is 162 Å². The number of rotatable bonds is 3.